The molecule has 0 saturated heterocycles. The molecule has 5 N–H and O–H groups in total. The predicted octanol–water partition coefficient (Wildman–Crippen LogP) is 3.81. The summed E-state index contributed by atoms with van der Waals surface area (Å²) in [5, 5.41) is 28.9. The number of rotatable bonds is 8. The van der Waals surface area contributed by atoms with Crippen LogP contribution in [0.4, 0.5) is 0 Å². The van der Waals surface area contributed by atoms with E-state index in [9.17, 15) is 15.0 Å². The van der Waals surface area contributed by atoms with Crippen LogP contribution in [0.3, 0.4) is 0 Å². The van der Waals surface area contributed by atoms with Crippen molar-refractivity contribution in [1.82, 2.24) is 15.1 Å². The molecule has 180 valence electrons. The molecule has 33 heavy (non-hydrogen) atoms. The number of aliphatic hydroxyl groups is 2. The Hall–Kier alpha value is -1.93. The Morgan fingerprint density at radius 2 is 1.94 bits per heavy atom. The Labute approximate surface area is 200 Å². The number of aliphatic hydroxyl groups excluding tert-OH is 1. The fraction of sp³-hybridized carbons (Fsp3) is 0.600. The predicted molar refractivity (Wildman–Crippen MR) is 129 cm³/mol. The van der Waals surface area contributed by atoms with Gasteiger partial charge in [-0.3, -0.25) is 9.48 Å². The summed E-state index contributed by atoms with van der Waals surface area (Å²) in [5.74, 6) is 0.127. The molecular formula is C25H35ClN4O3. The first-order chi connectivity index (χ1) is 15.8. The van der Waals surface area contributed by atoms with E-state index in [-0.39, 0.29) is 18.4 Å². The number of nitrogens with zero attached hydrogens (tertiary/aromatic N) is 2. The number of nitrogens with two attached hydrogens (primary N) is 1. The normalized spacial score (nSPS) is 20.2. The Morgan fingerprint density at radius 1 is 1.24 bits per heavy atom. The number of hydrogen-bond donors (Lipinski definition) is 4. The zero-order valence-corrected chi connectivity index (χ0v) is 20.0. The Bertz CT molecular complexity index is 978. The van der Waals surface area contributed by atoms with Crippen LogP contribution < -0.4 is 11.1 Å². The van der Waals surface area contributed by atoms with Crippen molar-refractivity contribution in [3.63, 3.8) is 0 Å². The summed E-state index contributed by atoms with van der Waals surface area (Å²) in [6.45, 7) is 2.15. The summed E-state index contributed by atoms with van der Waals surface area (Å²) in [6.07, 6.45) is 7.68. The lowest BCUT2D eigenvalue weighted by Crippen LogP contribution is -2.40. The van der Waals surface area contributed by atoms with E-state index in [0.717, 1.165) is 55.5 Å². The molecule has 2 saturated carbocycles. The summed E-state index contributed by atoms with van der Waals surface area (Å²) in [4.78, 5) is 13.0. The lowest BCUT2D eigenvalue weighted by molar-refractivity contribution is 0.0462. The van der Waals surface area contributed by atoms with Crippen molar-refractivity contribution in [2.75, 3.05) is 6.54 Å². The number of amides is 1. The molecule has 1 heterocycles. The molecule has 0 spiro atoms. The van der Waals surface area contributed by atoms with Crippen molar-refractivity contribution in [1.29, 1.82) is 0 Å². The molecule has 8 heteroatoms. The first-order valence-corrected chi connectivity index (χ1v) is 12.4. The summed E-state index contributed by atoms with van der Waals surface area (Å²) < 4.78 is 1.84. The highest BCUT2D eigenvalue weighted by Crippen LogP contribution is 2.41. The van der Waals surface area contributed by atoms with E-state index in [1.165, 1.54) is 12.8 Å². The lowest BCUT2D eigenvalue weighted by Gasteiger charge is -2.22. The number of carbonyl (C=O) groups is 1. The molecule has 2 aliphatic rings. The molecule has 1 amide bonds. The van der Waals surface area contributed by atoms with Crippen LogP contribution in [-0.4, -0.2) is 44.3 Å². The first kappa shape index (κ1) is 24.2. The van der Waals surface area contributed by atoms with Gasteiger partial charge in [-0.1, -0.05) is 43.4 Å². The van der Waals surface area contributed by atoms with Crippen LogP contribution >= 0.6 is 11.6 Å². The van der Waals surface area contributed by atoms with E-state index in [4.69, 9.17) is 22.4 Å². The van der Waals surface area contributed by atoms with E-state index in [1.807, 2.05) is 16.8 Å². The van der Waals surface area contributed by atoms with Crippen LogP contribution in [0.25, 0.3) is 11.3 Å². The number of carbonyl (C=O) groups excluding carboxylic acids is 1. The van der Waals surface area contributed by atoms with Crippen molar-refractivity contribution >= 4 is 17.5 Å². The summed E-state index contributed by atoms with van der Waals surface area (Å²) in [5.41, 5.74) is 7.54. The SMILES string of the molecule is CC(O)(CN)Cn1nc(-c2ccc(Cl)c(C(=O)NC(O)C3CCCCCC3)c2)cc1C1CC1. The minimum absolute atomic E-state index is 0.0746. The molecule has 2 atom stereocenters. The van der Waals surface area contributed by atoms with E-state index < -0.39 is 11.8 Å². The third-order valence-corrected chi connectivity index (χ3v) is 7.20. The maximum atomic E-state index is 13.0. The fourth-order valence-electron chi connectivity index (χ4n) is 4.61. The number of nitrogens with one attached hydrogen (secondary N) is 1. The van der Waals surface area contributed by atoms with Crippen LogP contribution in [-0.2, 0) is 6.54 Å². The van der Waals surface area contributed by atoms with Gasteiger partial charge in [-0.05, 0) is 50.8 Å². The van der Waals surface area contributed by atoms with Gasteiger partial charge in [0, 0.05) is 29.6 Å². The van der Waals surface area contributed by atoms with Crippen molar-refractivity contribution < 1.29 is 15.0 Å². The highest BCUT2D eigenvalue weighted by Gasteiger charge is 2.31. The van der Waals surface area contributed by atoms with Crippen molar-refractivity contribution in [3.05, 3.63) is 40.5 Å². The molecule has 0 aliphatic heterocycles. The number of hydrogen-bond acceptors (Lipinski definition) is 5. The Morgan fingerprint density at radius 3 is 2.58 bits per heavy atom. The second-order valence-corrected chi connectivity index (χ2v) is 10.4. The zero-order chi connectivity index (χ0) is 23.6. The monoisotopic (exact) mass is 474 g/mol. The number of benzene rings is 1. The molecule has 0 radical (unpaired) electrons. The van der Waals surface area contributed by atoms with Crippen molar-refractivity contribution in [2.45, 2.75) is 82.6 Å². The van der Waals surface area contributed by atoms with E-state index in [0.29, 0.717) is 23.0 Å². The second kappa shape index (κ2) is 10.1. The zero-order valence-electron chi connectivity index (χ0n) is 19.3. The average Bonchev–Trinajstić information content (AvgIpc) is 3.59. The fourth-order valence-corrected chi connectivity index (χ4v) is 4.81. The third kappa shape index (κ3) is 5.96. The smallest absolute Gasteiger partial charge is 0.254 e. The van der Waals surface area contributed by atoms with Crippen LogP contribution in [0.1, 0.15) is 80.3 Å². The summed E-state index contributed by atoms with van der Waals surface area (Å²) >= 11 is 6.36. The summed E-state index contributed by atoms with van der Waals surface area (Å²) in [7, 11) is 0. The standard InChI is InChI=1S/C25H35ClN4O3/c1-25(33,14-27)15-30-22(16-8-9-16)13-21(29-30)18-10-11-20(26)19(12-18)24(32)28-23(31)17-6-4-2-3-5-7-17/h10-13,16-17,23,31,33H,2-9,14-15,27H2,1H3,(H,28,32). The van der Waals surface area contributed by atoms with Gasteiger partial charge < -0.3 is 21.3 Å². The van der Waals surface area contributed by atoms with Gasteiger partial charge in [-0.2, -0.15) is 5.10 Å². The second-order valence-electron chi connectivity index (χ2n) is 9.95. The largest absolute Gasteiger partial charge is 0.387 e. The lowest BCUT2D eigenvalue weighted by atomic mass is 9.98. The summed E-state index contributed by atoms with van der Waals surface area (Å²) in [6, 6.07) is 7.28. The third-order valence-electron chi connectivity index (χ3n) is 6.87. The average molecular weight is 475 g/mol. The molecule has 4 rings (SSSR count). The van der Waals surface area contributed by atoms with E-state index in [1.54, 1.807) is 19.1 Å². The molecule has 2 aromatic rings. The van der Waals surface area contributed by atoms with Crippen LogP contribution in [0.15, 0.2) is 24.3 Å². The molecule has 2 fully saturated rings. The molecule has 0 bridgehead atoms. The Kier molecular flexibility index (Phi) is 7.43. The van der Waals surface area contributed by atoms with Crippen LogP contribution in [0, 0.1) is 5.92 Å². The van der Waals surface area contributed by atoms with Crippen LogP contribution in [0.2, 0.25) is 5.02 Å². The van der Waals surface area contributed by atoms with Gasteiger partial charge >= 0.3 is 0 Å². The topological polar surface area (TPSA) is 113 Å². The molecule has 2 unspecified atom stereocenters. The minimum Gasteiger partial charge on any atom is -0.387 e. The van der Waals surface area contributed by atoms with Gasteiger partial charge in [-0.15, -0.1) is 0 Å². The van der Waals surface area contributed by atoms with Gasteiger partial charge in [-0.25, -0.2) is 0 Å². The minimum atomic E-state index is -1.05. The number of halogens is 1. The molecule has 1 aromatic heterocycles. The molecule has 2 aliphatic carbocycles. The molecule has 1 aromatic carbocycles. The number of aromatic nitrogens is 2. The molecular weight excluding hydrogens is 440 g/mol. The quantitative estimate of drug-likeness (QED) is 0.343. The van der Waals surface area contributed by atoms with E-state index in [2.05, 4.69) is 5.32 Å². The highest BCUT2D eigenvalue weighted by molar-refractivity contribution is 6.34. The van der Waals surface area contributed by atoms with Gasteiger partial charge in [0.15, 0.2) is 0 Å². The van der Waals surface area contributed by atoms with Gasteiger partial charge in [0.25, 0.3) is 5.91 Å². The maximum Gasteiger partial charge on any atom is 0.254 e. The van der Waals surface area contributed by atoms with Crippen molar-refractivity contribution in [3.8, 4) is 11.3 Å². The van der Waals surface area contributed by atoms with Gasteiger partial charge in [0.2, 0.25) is 0 Å². The Balaban J connectivity index is 1.55. The molecule has 7 nitrogen and oxygen atoms in total. The van der Waals surface area contributed by atoms with Gasteiger partial charge in [0.05, 0.1) is 28.4 Å². The van der Waals surface area contributed by atoms with Crippen molar-refractivity contribution in [2.24, 2.45) is 11.7 Å². The van der Waals surface area contributed by atoms with Gasteiger partial charge in [0.1, 0.15) is 6.23 Å². The van der Waals surface area contributed by atoms with Crippen LogP contribution in [0.5, 0.6) is 0 Å². The first-order valence-electron chi connectivity index (χ1n) is 12.1. The highest BCUT2D eigenvalue weighted by atomic mass is 35.5. The van der Waals surface area contributed by atoms with E-state index >= 15 is 0 Å². The maximum absolute atomic E-state index is 13.0.